The summed E-state index contributed by atoms with van der Waals surface area (Å²) in [6, 6.07) is 2.39. The topological polar surface area (TPSA) is 47.0 Å². The Morgan fingerprint density at radius 1 is 1.40 bits per heavy atom. The first-order valence-electron chi connectivity index (χ1n) is 6.89. The fraction of sp³-hybridized carbons (Fsp3) is 0.571. The van der Waals surface area contributed by atoms with Gasteiger partial charge in [-0.25, -0.2) is 9.97 Å². The predicted octanol–water partition coefficient (Wildman–Crippen LogP) is 4.13. The van der Waals surface area contributed by atoms with Crippen molar-refractivity contribution in [1.82, 2.24) is 9.97 Å². The average molecular weight is 314 g/mol. The van der Waals surface area contributed by atoms with E-state index in [9.17, 15) is 0 Å². The quantitative estimate of drug-likeness (QED) is 0.781. The smallest absolute Gasteiger partial charge is 0.225 e. The van der Waals surface area contributed by atoms with Crippen molar-refractivity contribution < 1.29 is 4.74 Å². The monoisotopic (exact) mass is 313 g/mol. The molecule has 20 heavy (non-hydrogen) atoms. The molecule has 0 amide bonds. The number of ether oxygens (including phenoxy) is 1. The number of hydrogen-bond acceptors (Lipinski definition) is 5. The molecule has 0 spiro atoms. The summed E-state index contributed by atoms with van der Waals surface area (Å²) in [5.41, 5.74) is 0. The molecule has 4 nitrogen and oxygen atoms in total. The minimum Gasteiger partial charge on any atom is -0.383 e. The van der Waals surface area contributed by atoms with E-state index in [2.05, 4.69) is 35.2 Å². The molecular weight excluding hydrogens is 294 g/mol. The third kappa shape index (κ3) is 3.59. The molecule has 0 radical (unpaired) electrons. The molecule has 0 fully saturated rings. The van der Waals surface area contributed by atoms with Gasteiger partial charge < -0.3 is 10.1 Å². The normalized spacial score (nSPS) is 12.8. The number of fused-ring (bicyclic) bond motifs is 1. The SMILES string of the molecule is CCCC(COC)Nc1nc(Cl)nc2sc(CC)cc12. The molecule has 0 saturated carbocycles. The lowest BCUT2D eigenvalue weighted by atomic mass is 10.2. The molecular formula is C14H20ClN3OS. The first-order valence-corrected chi connectivity index (χ1v) is 8.08. The van der Waals surface area contributed by atoms with Crippen LogP contribution in [0.2, 0.25) is 5.28 Å². The van der Waals surface area contributed by atoms with Gasteiger partial charge in [-0.15, -0.1) is 11.3 Å². The minimum atomic E-state index is 0.240. The number of methoxy groups -OCH3 is 1. The van der Waals surface area contributed by atoms with E-state index < -0.39 is 0 Å². The summed E-state index contributed by atoms with van der Waals surface area (Å²) in [5.74, 6) is 0.812. The van der Waals surface area contributed by atoms with Gasteiger partial charge in [-0.1, -0.05) is 20.3 Å². The number of halogens is 1. The van der Waals surface area contributed by atoms with Gasteiger partial charge in [-0.2, -0.15) is 0 Å². The van der Waals surface area contributed by atoms with E-state index >= 15 is 0 Å². The van der Waals surface area contributed by atoms with Gasteiger partial charge in [0.15, 0.2) is 0 Å². The van der Waals surface area contributed by atoms with Crippen LogP contribution in [0.5, 0.6) is 0 Å². The maximum absolute atomic E-state index is 6.03. The number of anilines is 1. The summed E-state index contributed by atoms with van der Waals surface area (Å²) in [5, 5.41) is 4.79. The number of thiophene rings is 1. The molecule has 0 aliphatic heterocycles. The van der Waals surface area contributed by atoms with Crippen LogP contribution in [-0.2, 0) is 11.2 Å². The zero-order valence-electron chi connectivity index (χ0n) is 12.1. The number of aryl methyl sites for hydroxylation is 1. The van der Waals surface area contributed by atoms with Gasteiger partial charge in [0.25, 0.3) is 0 Å². The Labute approximate surface area is 128 Å². The molecule has 1 atom stereocenters. The van der Waals surface area contributed by atoms with Gasteiger partial charge >= 0.3 is 0 Å². The number of hydrogen-bond donors (Lipinski definition) is 1. The van der Waals surface area contributed by atoms with Crippen LogP contribution in [0.1, 0.15) is 31.6 Å². The van der Waals surface area contributed by atoms with Crippen molar-refractivity contribution in [3.8, 4) is 0 Å². The van der Waals surface area contributed by atoms with Gasteiger partial charge in [0.05, 0.1) is 18.0 Å². The first-order chi connectivity index (χ1) is 9.67. The second kappa shape index (κ2) is 7.20. The van der Waals surface area contributed by atoms with Crippen molar-refractivity contribution in [1.29, 1.82) is 0 Å². The molecule has 0 aliphatic carbocycles. The maximum Gasteiger partial charge on any atom is 0.225 e. The molecule has 1 N–H and O–H groups in total. The third-order valence-corrected chi connectivity index (χ3v) is 4.45. The van der Waals surface area contributed by atoms with Crippen LogP contribution >= 0.6 is 22.9 Å². The third-order valence-electron chi connectivity index (χ3n) is 3.11. The standard InChI is InChI=1S/C14H20ClN3OS/c1-4-6-9(8-19-3)16-12-11-7-10(5-2)20-13(11)18-14(15)17-12/h7,9H,4-6,8H2,1-3H3,(H,16,17,18). The summed E-state index contributed by atoms with van der Waals surface area (Å²) >= 11 is 7.70. The second-order valence-electron chi connectivity index (χ2n) is 4.71. The van der Waals surface area contributed by atoms with E-state index in [4.69, 9.17) is 16.3 Å². The van der Waals surface area contributed by atoms with Crippen LogP contribution in [0, 0.1) is 0 Å². The van der Waals surface area contributed by atoms with Crippen molar-refractivity contribution in [2.45, 2.75) is 39.2 Å². The summed E-state index contributed by atoms with van der Waals surface area (Å²) in [7, 11) is 1.71. The van der Waals surface area contributed by atoms with Crippen LogP contribution in [0.25, 0.3) is 10.2 Å². The van der Waals surface area contributed by atoms with Crippen molar-refractivity contribution in [2.24, 2.45) is 0 Å². The Kier molecular flexibility index (Phi) is 5.57. The molecule has 0 aromatic carbocycles. The lowest BCUT2D eigenvalue weighted by molar-refractivity contribution is 0.182. The highest BCUT2D eigenvalue weighted by Gasteiger charge is 2.14. The van der Waals surface area contributed by atoms with Crippen LogP contribution in [0.15, 0.2) is 6.07 Å². The fourth-order valence-electron chi connectivity index (χ4n) is 2.17. The number of rotatable bonds is 7. The highest BCUT2D eigenvalue weighted by molar-refractivity contribution is 7.18. The Bertz CT molecular complexity index is 567. The van der Waals surface area contributed by atoms with E-state index in [1.165, 1.54) is 4.88 Å². The summed E-state index contributed by atoms with van der Waals surface area (Å²) in [6.07, 6.45) is 3.11. The molecule has 0 saturated heterocycles. The Hall–Kier alpha value is -0.910. The Morgan fingerprint density at radius 3 is 2.85 bits per heavy atom. The van der Waals surface area contributed by atoms with Crippen LogP contribution in [0.3, 0.4) is 0 Å². The van der Waals surface area contributed by atoms with Crippen molar-refractivity contribution >= 4 is 39.0 Å². The molecule has 0 bridgehead atoms. The van der Waals surface area contributed by atoms with E-state index in [1.807, 2.05) is 0 Å². The molecule has 2 aromatic rings. The van der Waals surface area contributed by atoms with Crippen LogP contribution < -0.4 is 5.32 Å². The molecule has 2 heterocycles. The second-order valence-corrected chi connectivity index (χ2v) is 6.16. The number of nitrogens with zero attached hydrogens (tertiary/aromatic N) is 2. The largest absolute Gasteiger partial charge is 0.383 e. The number of aromatic nitrogens is 2. The number of nitrogens with one attached hydrogen (secondary N) is 1. The summed E-state index contributed by atoms with van der Waals surface area (Å²) in [6.45, 7) is 4.95. The van der Waals surface area contributed by atoms with Gasteiger partial charge in [-0.3, -0.25) is 0 Å². The van der Waals surface area contributed by atoms with E-state index in [0.717, 1.165) is 35.3 Å². The zero-order chi connectivity index (χ0) is 14.5. The lowest BCUT2D eigenvalue weighted by Gasteiger charge is -2.18. The predicted molar refractivity (Wildman–Crippen MR) is 86.0 cm³/mol. The average Bonchev–Trinajstić information content (AvgIpc) is 2.82. The van der Waals surface area contributed by atoms with E-state index in [1.54, 1.807) is 18.4 Å². The van der Waals surface area contributed by atoms with E-state index in [0.29, 0.717) is 6.61 Å². The van der Waals surface area contributed by atoms with Crippen molar-refractivity contribution in [3.05, 3.63) is 16.2 Å². The van der Waals surface area contributed by atoms with Gasteiger partial charge in [-0.05, 0) is 30.5 Å². The van der Waals surface area contributed by atoms with Crippen LogP contribution in [-0.4, -0.2) is 29.7 Å². The van der Waals surface area contributed by atoms with E-state index in [-0.39, 0.29) is 11.3 Å². The minimum absolute atomic E-state index is 0.240. The maximum atomic E-state index is 6.03. The van der Waals surface area contributed by atoms with Crippen molar-refractivity contribution in [3.63, 3.8) is 0 Å². The van der Waals surface area contributed by atoms with Crippen LogP contribution in [0.4, 0.5) is 5.82 Å². The molecule has 110 valence electrons. The first kappa shape index (κ1) is 15.5. The summed E-state index contributed by atoms with van der Waals surface area (Å²) < 4.78 is 5.26. The Morgan fingerprint density at radius 2 is 2.20 bits per heavy atom. The highest BCUT2D eigenvalue weighted by Crippen LogP contribution is 2.30. The molecule has 1 unspecified atom stereocenters. The molecule has 2 rings (SSSR count). The highest BCUT2D eigenvalue weighted by atomic mass is 35.5. The zero-order valence-corrected chi connectivity index (χ0v) is 13.6. The Balaban J connectivity index is 2.33. The molecule has 2 aromatic heterocycles. The fourth-order valence-corrected chi connectivity index (χ4v) is 3.36. The van der Waals surface area contributed by atoms with Gasteiger partial charge in [0.1, 0.15) is 10.6 Å². The molecule has 6 heteroatoms. The van der Waals surface area contributed by atoms with Gasteiger partial charge in [0, 0.05) is 12.0 Å². The van der Waals surface area contributed by atoms with Crippen molar-refractivity contribution in [2.75, 3.05) is 19.0 Å². The lowest BCUT2D eigenvalue weighted by Crippen LogP contribution is -2.25. The molecule has 0 aliphatic rings. The summed E-state index contributed by atoms with van der Waals surface area (Å²) in [4.78, 5) is 10.9. The van der Waals surface area contributed by atoms with Gasteiger partial charge in [0.2, 0.25) is 5.28 Å².